The number of hydrogen-bond acceptors (Lipinski definition) is 4. The molecule has 2 N–H and O–H groups in total. The third-order valence-electron chi connectivity index (χ3n) is 4.62. The Morgan fingerprint density at radius 1 is 1.00 bits per heavy atom. The van der Waals surface area contributed by atoms with Gasteiger partial charge in [0.25, 0.3) is 17.1 Å². The van der Waals surface area contributed by atoms with Crippen molar-refractivity contribution in [3.8, 4) is 0 Å². The van der Waals surface area contributed by atoms with Gasteiger partial charge in [-0.15, -0.1) is 8.80 Å². The SMILES string of the molecule is CN(C)C(=O)c1cccc(NC2=NS(=O)N=C2NC(c2ccccc2)C(C)(C)C)c1. The maximum absolute atomic E-state index is 12.2. The van der Waals surface area contributed by atoms with E-state index in [2.05, 4.69) is 52.3 Å². The summed E-state index contributed by atoms with van der Waals surface area (Å²) in [7, 11) is 3.41. The zero-order chi connectivity index (χ0) is 21.9. The molecule has 1 heterocycles. The van der Waals surface area contributed by atoms with Crippen molar-refractivity contribution in [1.82, 2.24) is 10.2 Å². The summed E-state index contributed by atoms with van der Waals surface area (Å²) in [6.07, 6.45) is 0. The topological polar surface area (TPSA) is 86.2 Å². The Hall–Kier alpha value is -3.00. The van der Waals surface area contributed by atoms with E-state index in [1.807, 2.05) is 24.3 Å². The lowest BCUT2D eigenvalue weighted by atomic mass is 9.82. The highest BCUT2D eigenvalue weighted by atomic mass is 32.2. The zero-order valence-corrected chi connectivity index (χ0v) is 18.7. The number of amidine groups is 2. The Morgan fingerprint density at radius 3 is 2.30 bits per heavy atom. The average molecular weight is 426 g/mol. The summed E-state index contributed by atoms with van der Waals surface area (Å²) in [6.45, 7) is 6.39. The van der Waals surface area contributed by atoms with Crippen LogP contribution in [-0.2, 0) is 11.2 Å². The van der Waals surface area contributed by atoms with Crippen LogP contribution >= 0.6 is 0 Å². The molecule has 3 rings (SSSR count). The van der Waals surface area contributed by atoms with Crippen LogP contribution in [0.1, 0.15) is 42.7 Å². The lowest BCUT2D eigenvalue weighted by Gasteiger charge is -2.32. The highest BCUT2D eigenvalue weighted by Crippen LogP contribution is 2.33. The van der Waals surface area contributed by atoms with Crippen LogP contribution in [-0.4, -0.2) is 40.8 Å². The molecule has 7 nitrogen and oxygen atoms in total. The van der Waals surface area contributed by atoms with Crippen LogP contribution in [0, 0.1) is 5.41 Å². The minimum absolute atomic E-state index is 0.0683. The molecule has 1 amide bonds. The van der Waals surface area contributed by atoms with E-state index in [4.69, 9.17) is 0 Å². The summed E-state index contributed by atoms with van der Waals surface area (Å²) >= 11 is -1.70. The maximum atomic E-state index is 12.2. The van der Waals surface area contributed by atoms with Gasteiger partial charge in [0.05, 0.1) is 6.04 Å². The normalized spacial score (nSPS) is 17.0. The lowest BCUT2D eigenvalue weighted by Crippen LogP contribution is -2.41. The number of benzene rings is 2. The molecule has 1 aliphatic rings. The predicted octanol–water partition coefficient (Wildman–Crippen LogP) is 3.57. The van der Waals surface area contributed by atoms with E-state index < -0.39 is 11.2 Å². The van der Waals surface area contributed by atoms with Crippen molar-refractivity contribution >= 4 is 34.4 Å². The molecule has 0 aromatic heterocycles. The van der Waals surface area contributed by atoms with Crippen molar-refractivity contribution in [2.75, 3.05) is 19.4 Å². The molecule has 0 spiro atoms. The van der Waals surface area contributed by atoms with Gasteiger partial charge in [0.2, 0.25) is 0 Å². The first-order valence-corrected chi connectivity index (χ1v) is 10.7. The van der Waals surface area contributed by atoms with Crippen LogP contribution in [0.5, 0.6) is 0 Å². The number of nitrogens with one attached hydrogen (secondary N) is 2. The zero-order valence-electron chi connectivity index (χ0n) is 17.8. The molecule has 8 heteroatoms. The van der Waals surface area contributed by atoms with Gasteiger partial charge in [-0.3, -0.25) is 4.79 Å². The predicted molar refractivity (Wildman–Crippen MR) is 123 cm³/mol. The number of nitrogens with zero attached hydrogens (tertiary/aromatic N) is 3. The van der Waals surface area contributed by atoms with Gasteiger partial charge in [0.15, 0.2) is 11.7 Å². The Morgan fingerprint density at radius 2 is 1.67 bits per heavy atom. The molecule has 2 unspecified atom stereocenters. The van der Waals surface area contributed by atoms with E-state index in [1.54, 1.807) is 32.3 Å². The number of amides is 1. The van der Waals surface area contributed by atoms with E-state index in [-0.39, 0.29) is 17.4 Å². The largest absolute Gasteiger partial charge is 0.359 e. The molecule has 2 atom stereocenters. The van der Waals surface area contributed by atoms with E-state index in [0.29, 0.717) is 22.9 Å². The van der Waals surface area contributed by atoms with Gasteiger partial charge in [-0.1, -0.05) is 57.2 Å². The lowest BCUT2D eigenvalue weighted by molar-refractivity contribution is 0.0827. The number of carbonyl (C=O) groups excluding carboxylic acids is 1. The fourth-order valence-electron chi connectivity index (χ4n) is 3.15. The van der Waals surface area contributed by atoms with E-state index >= 15 is 0 Å². The van der Waals surface area contributed by atoms with Gasteiger partial charge in [-0.25, -0.2) is 4.21 Å². The van der Waals surface area contributed by atoms with E-state index in [1.165, 1.54) is 4.90 Å². The second-order valence-corrected chi connectivity index (χ2v) is 9.20. The monoisotopic (exact) mass is 425 g/mol. The third kappa shape index (κ3) is 5.13. The summed E-state index contributed by atoms with van der Waals surface area (Å²) < 4.78 is 20.4. The Labute approximate surface area is 180 Å². The summed E-state index contributed by atoms with van der Waals surface area (Å²) in [5.74, 6) is 0.717. The second-order valence-electron chi connectivity index (χ2n) is 8.37. The van der Waals surface area contributed by atoms with Gasteiger partial charge in [-0.2, -0.15) is 0 Å². The quantitative estimate of drug-likeness (QED) is 0.784. The van der Waals surface area contributed by atoms with Crippen molar-refractivity contribution in [1.29, 1.82) is 0 Å². The first kappa shape index (κ1) is 21.7. The van der Waals surface area contributed by atoms with Gasteiger partial charge in [0.1, 0.15) is 0 Å². The molecule has 30 heavy (non-hydrogen) atoms. The van der Waals surface area contributed by atoms with Crippen LogP contribution < -0.4 is 10.6 Å². The van der Waals surface area contributed by atoms with Gasteiger partial charge in [0, 0.05) is 25.3 Å². The molecule has 0 bridgehead atoms. The number of carbonyl (C=O) groups is 1. The number of hydrogen-bond donors (Lipinski definition) is 2. The van der Waals surface area contributed by atoms with Crippen molar-refractivity contribution in [2.24, 2.45) is 14.2 Å². The van der Waals surface area contributed by atoms with Crippen LogP contribution in [0.3, 0.4) is 0 Å². The Kier molecular flexibility index (Phi) is 6.36. The van der Waals surface area contributed by atoms with Crippen molar-refractivity contribution < 1.29 is 9.00 Å². The van der Waals surface area contributed by atoms with E-state index in [9.17, 15) is 9.00 Å². The summed E-state index contributed by atoms with van der Waals surface area (Å²) in [6, 6.07) is 17.1. The van der Waals surface area contributed by atoms with Crippen LogP contribution in [0.15, 0.2) is 63.4 Å². The summed E-state index contributed by atoms with van der Waals surface area (Å²) in [5, 5.41) is 6.57. The van der Waals surface area contributed by atoms with Crippen LogP contribution in [0.2, 0.25) is 0 Å². The molecule has 0 saturated carbocycles. The molecule has 2 aromatic rings. The molecule has 1 aliphatic heterocycles. The first-order chi connectivity index (χ1) is 14.1. The molecule has 0 aliphatic carbocycles. The molecule has 2 aromatic carbocycles. The van der Waals surface area contributed by atoms with E-state index in [0.717, 1.165) is 5.56 Å². The molecule has 0 fully saturated rings. The summed E-state index contributed by atoms with van der Waals surface area (Å²) in [4.78, 5) is 13.8. The fraction of sp³-hybridized carbons (Fsp3) is 0.318. The molecular weight excluding hydrogens is 398 g/mol. The molecule has 158 valence electrons. The highest BCUT2D eigenvalue weighted by molar-refractivity contribution is 7.83. The molecule has 0 radical (unpaired) electrons. The fourth-order valence-corrected chi connectivity index (χ4v) is 3.77. The Bertz CT molecular complexity index is 1010. The smallest absolute Gasteiger partial charge is 0.269 e. The highest BCUT2D eigenvalue weighted by Gasteiger charge is 2.30. The van der Waals surface area contributed by atoms with Gasteiger partial charge in [-0.05, 0) is 29.2 Å². The summed E-state index contributed by atoms with van der Waals surface area (Å²) in [5.41, 5.74) is 2.19. The van der Waals surface area contributed by atoms with Gasteiger partial charge < -0.3 is 15.5 Å². The molecule has 0 saturated heterocycles. The van der Waals surface area contributed by atoms with Crippen LogP contribution in [0.25, 0.3) is 0 Å². The van der Waals surface area contributed by atoms with Crippen molar-refractivity contribution in [3.63, 3.8) is 0 Å². The second kappa shape index (κ2) is 8.79. The average Bonchev–Trinajstić information content (AvgIpc) is 3.04. The Balaban J connectivity index is 1.84. The van der Waals surface area contributed by atoms with Crippen molar-refractivity contribution in [3.05, 3.63) is 65.7 Å². The van der Waals surface area contributed by atoms with Gasteiger partial charge >= 0.3 is 0 Å². The first-order valence-electron chi connectivity index (χ1n) is 9.65. The van der Waals surface area contributed by atoms with Crippen molar-refractivity contribution in [2.45, 2.75) is 26.8 Å². The third-order valence-corrected chi connectivity index (χ3v) is 5.30. The van der Waals surface area contributed by atoms with Crippen LogP contribution in [0.4, 0.5) is 5.69 Å². The minimum atomic E-state index is -1.70. The maximum Gasteiger partial charge on any atom is 0.269 e. The molecular formula is C22H27N5O2S. The minimum Gasteiger partial charge on any atom is -0.359 e. The number of rotatable bonds is 4. The number of anilines is 1. The standard InChI is InChI=1S/C22H27N5O2S/c1-22(2,3)18(15-10-7-6-8-11-15)24-20-19(25-30(29)26-20)23-17-13-9-12-16(14-17)21(28)27(4)5/h6-14,18H,1-5H3,(H,23,25)(H,24,26).